The number of nitrogens with one attached hydrogen (secondary N) is 1. The van der Waals surface area contributed by atoms with Crippen LogP contribution in [-0.2, 0) is 4.79 Å². The van der Waals surface area contributed by atoms with Crippen molar-refractivity contribution in [3.63, 3.8) is 0 Å². The topological polar surface area (TPSA) is 49.4 Å². The lowest BCUT2D eigenvalue weighted by molar-refractivity contribution is -0.125. The van der Waals surface area contributed by atoms with Crippen molar-refractivity contribution in [1.29, 1.82) is 0 Å². The molecule has 150 valence electrons. The molecule has 1 aromatic carbocycles. The summed E-state index contributed by atoms with van der Waals surface area (Å²) in [4.78, 5) is 26.6. The predicted molar refractivity (Wildman–Crippen MR) is 106 cm³/mol. The molecule has 1 fully saturated rings. The Morgan fingerprint density at radius 2 is 1.70 bits per heavy atom. The summed E-state index contributed by atoms with van der Waals surface area (Å²) in [5, 5.41) is 3.11. The van der Waals surface area contributed by atoms with Crippen molar-refractivity contribution in [2.75, 3.05) is 19.6 Å². The third-order valence-corrected chi connectivity index (χ3v) is 5.49. The minimum Gasteiger partial charge on any atom is -0.356 e. The second kappa shape index (κ2) is 11.1. The van der Waals surface area contributed by atoms with Gasteiger partial charge in [-0.2, -0.15) is 0 Å². The van der Waals surface area contributed by atoms with Gasteiger partial charge in [-0.3, -0.25) is 9.59 Å². The van der Waals surface area contributed by atoms with E-state index in [0.717, 1.165) is 64.6 Å². The maximum absolute atomic E-state index is 13.0. The van der Waals surface area contributed by atoms with Gasteiger partial charge in [0.25, 0.3) is 5.91 Å². The molecule has 1 aliphatic rings. The quantitative estimate of drug-likeness (QED) is 0.694. The fourth-order valence-electron chi connectivity index (χ4n) is 3.85. The molecule has 0 radical (unpaired) electrons. The monoisotopic (exact) mass is 376 g/mol. The van der Waals surface area contributed by atoms with E-state index in [1.165, 1.54) is 12.1 Å². The SMILES string of the molecule is CCCC(CCC)C(=O)NCCC1CCN(C(=O)c2ccc(F)cc2)CC1. The van der Waals surface area contributed by atoms with E-state index in [4.69, 9.17) is 0 Å². The molecule has 0 spiro atoms. The number of halogens is 1. The van der Waals surface area contributed by atoms with Gasteiger partial charge in [-0.25, -0.2) is 4.39 Å². The van der Waals surface area contributed by atoms with Gasteiger partial charge in [0, 0.05) is 31.1 Å². The number of amides is 2. The van der Waals surface area contributed by atoms with Crippen LogP contribution in [0.1, 0.15) is 69.2 Å². The van der Waals surface area contributed by atoms with Crippen molar-refractivity contribution in [1.82, 2.24) is 10.2 Å². The number of hydrogen-bond acceptors (Lipinski definition) is 2. The number of hydrogen-bond donors (Lipinski definition) is 1. The first-order chi connectivity index (χ1) is 13.0. The van der Waals surface area contributed by atoms with Gasteiger partial charge in [-0.15, -0.1) is 0 Å². The molecule has 1 saturated heterocycles. The van der Waals surface area contributed by atoms with Gasteiger partial charge in [-0.05, 0) is 62.3 Å². The van der Waals surface area contributed by atoms with Crippen molar-refractivity contribution in [3.05, 3.63) is 35.6 Å². The normalized spacial score (nSPS) is 15.2. The number of carbonyl (C=O) groups excluding carboxylic acids is 2. The molecule has 5 heteroatoms. The smallest absolute Gasteiger partial charge is 0.253 e. The van der Waals surface area contributed by atoms with Crippen LogP contribution in [0.4, 0.5) is 4.39 Å². The Morgan fingerprint density at radius 1 is 1.11 bits per heavy atom. The number of rotatable bonds is 9. The zero-order valence-corrected chi connectivity index (χ0v) is 16.7. The standard InChI is InChI=1S/C22H33FN2O2/c1-3-5-18(6-4-2)21(26)24-14-11-17-12-15-25(16-13-17)22(27)19-7-9-20(23)10-8-19/h7-10,17-18H,3-6,11-16H2,1-2H3,(H,24,26). The fraction of sp³-hybridized carbons (Fsp3) is 0.636. The summed E-state index contributed by atoms with van der Waals surface area (Å²) < 4.78 is 13.0. The van der Waals surface area contributed by atoms with Gasteiger partial charge in [0.15, 0.2) is 0 Å². The maximum Gasteiger partial charge on any atom is 0.253 e. The lowest BCUT2D eigenvalue weighted by atomic mass is 9.92. The van der Waals surface area contributed by atoms with E-state index in [1.807, 2.05) is 4.90 Å². The summed E-state index contributed by atoms with van der Waals surface area (Å²) >= 11 is 0. The molecule has 1 aromatic rings. The van der Waals surface area contributed by atoms with E-state index in [0.29, 0.717) is 11.5 Å². The molecule has 1 N–H and O–H groups in total. The van der Waals surface area contributed by atoms with Crippen LogP contribution in [0.2, 0.25) is 0 Å². The zero-order chi connectivity index (χ0) is 19.6. The Balaban J connectivity index is 1.70. The molecule has 0 aromatic heterocycles. The van der Waals surface area contributed by atoms with Crippen LogP contribution in [0.5, 0.6) is 0 Å². The van der Waals surface area contributed by atoms with E-state index in [-0.39, 0.29) is 23.5 Å². The van der Waals surface area contributed by atoms with Gasteiger partial charge in [0.1, 0.15) is 5.82 Å². The second-order valence-corrected chi connectivity index (χ2v) is 7.60. The summed E-state index contributed by atoms with van der Waals surface area (Å²) in [6, 6.07) is 5.74. The molecule has 2 amide bonds. The minimum absolute atomic E-state index is 0.0243. The fourth-order valence-corrected chi connectivity index (χ4v) is 3.85. The molecule has 0 saturated carbocycles. The molecule has 1 aliphatic heterocycles. The zero-order valence-electron chi connectivity index (χ0n) is 16.7. The second-order valence-electron chi connectivity index (χ2n) is 7.60. The summed E-state index contributed by atoms with van der Waals surface area (Å²) in [7, 11) is 0. The van der Waals surface area contributed by atoms with Crippen molar-refractivity contribution >= 4 is 11.8 Å². The number of benzene rings is 1. The Kier molecular flexibility index (Phi) is 8.76. The summed E-state index contributed by atoms with van der Waals surface area (Å²) in [5.41, 5.74) is 0.542. The van der Waals surface area contributed by atoms with Gasteiger partial charge in [0.05, 0.1) is 0 Å². The predicted octanol–water partition coefficient (Wildman–Crippen LogP) is 4.40. The number of piperidine rings is 1. The van der Waals surface area contributed by atoms with Crippen LogP contribution in [0.3, 0.4) is 0 Å². The summed E-state index contributed by atoms with van der Waals surface area (Å²) in [6.07, 6.45) is 6.88. The Morgan fingerprint density at radius 3 is 2.26 bits per heavy atom. The van der Waals surface area contributed by atoms with Crippen LogP contribution in [-0.4, -0.2) is 36.3 Å². The average Bonchev–Trinajstić information content (AvgIpc) is 2.68. The molecular weight excluding hydrogens is 343 g/mol. The van der Waals surface area contributed by atoms with Crippen LogP contribution in [0.25, 0.3) is 0 Å². The highest BCUT2D eigenvalue weighted by atomic mass is 19.1. The van der Waals surface area contributed by atoms with Crippen molar-refractivity contribution in [2.45, 2.75) is 58.8 Å². The first-order valence-corrected chi connectivity index (χ1v) is 10.4. The van der Waals surface area contributed by atoms with Crippen molar-refractivity contribution in [3.8, 4) is 0 Å². The molecule has 0 unspecified atom stereocenters. The third kappa shape index (κ3) is 6.64. The first-order valence-electron chi connectivity index (χ1n) is 10.4. The Hall–Kier alpha value is -1.91. The Bertz CT molecular complexity index is 589. The van der Waals surface area contributed by atoms with Gasteiger partial charge in [0.2, 0.25) is 5.91 Å². The largest absolute Gasteiger partial charge is 0.356 e. The van der Waals surface area contributed by atoms with Crippen LogP contribution >= 0.6 is 0 Å². The highest BCUT2D eigenvalue weighted by Gasteiger charge is 2.24. The molecule has 0 atom stereocenters. The maximum atomic E-state index is 13.0. The van der Waals surface area contributed by atoms with E-state index >= 15 is 0 Å². The molecule has 2 rings (SSSR count). The first kappa shape index (κ1) is 21.4. The van der Waals surface area contributed by atoms with E-state index in [2.05, 4.69) is 19.2 Å². The molecule has 27 heavy (non-hydrogen) atoms. The van der Waals surface area contributed by atoms with Gasteiger partial charge < -0.3 is 10.2 Å². The average molecular weight is 377 g/mol. The van der Waals surface area contributed by atoms with E-state index < -0.39 is 0 Å². The highest BCUT2D eigenvalue weighted by Crippen LogP contribution is 2.22. The molecule has 1 heterocycles. The van der Waals surface area contributed by atoms with E-state index in [9.17, 15) is 14.0 Å². The van der Waals surface area contributed by atoms with Crippen LogP contribution < -0.4 is 5.32 Å². The third-order valence-electron chi connectivity index (χ3n) is 5.49. The number of nitrogens with zero attached hydrogens (tertiary/aromatic N) is 1. The van der Waals surface area contributed by atoms with Gasteiger partial charge >= 0.3 is 0 Å². The lowest BCUT2D eigenvalue weighted by Crippen LogP contribution is -2.39. The summed E-state index contributed by atoms with van der Waals surface area (Å²) in [5.74, 6) is 0.535. The lowest BCUT2D eigenvalue weighted by Gasteiger charge is -2.32. The molecular formula is C22H33FN2O2. The van der Waals surface area contributed by atoms with Crippen molar-refractivity contribution in [2.24, 2.45) is 11.8 Å². The molecule has 0 bridgehead atoms. The minimum atomic E-state index is -0.326. The van der Waals surface area contributed by atoms with Crippen molar-refractivity contribution < 1.29 is 14.0 Å². The summed E-state index contributed by atoms with van der Waals surface area (Å²) in [6.45, 7) is 6.42. The molecule has 0 aliphatic carbocycles. The number of likely N-dealkylation sites (tertiary alicyclic amines) is 1. The number of carbonyl (C=O) groups is 2. The highest BCUT2D eigenvalue weighted by molar-refractivity contribution is 5.94. The Labute approximate surface area is 162 Å². The van der Waals surface area contributed by atoms with Crippen LogP contribution in [0, 0.1) is 17.7 Å². The van der Waals surface area contributed by atoms with Crippen LogP contribution in [0.15, 0.2) is 24.3 Å². The van der Waals surface area contributed by atoms with E-state index in [1.54, 1.807) is 12.1 Å². The van der Waals surface area contributed by atoms with Gasteiger partial charge in [-0.1, -0.05) is 26.7 Å². The molecule has 4 nitrogen and oxygen atoms in total.